The van der Waals surface area contributed by atoms with Crippen LogP contribution >= 0.6 is 0 Å². The number of rotatable bonds is 6. The zero-order valence-corrected chi connectivity index (χ0v) is 22.5. The lowest BCUT2D eigenvalue weighted by Crippen LogP contribution is -2.29. The van der Waals surface area contributed by atoms with E-state index in [-0.39, 0.29) is 29.0 Å². The minimum atomic E-state index is -0.911. The highest BCUT2D eigenvalue weighted by Crippen LogP contribution is 2.42. The van der Waals surface area contributed by atoms with Gasteiger partial charge in [-0.3, -0.25) is 9.59 Å². The second-order valence-corrected chi connectivity index (χ2v) is 10.4. The number of benzene rings is 3. The number of likely N-dealkylation sites (tertiary alicyclic amines) is 1. The summed E-state index contributed by atoms with van der Waals surface area (Å²) in [7, 11) is 2.86. The third-order valence-corrected chi connectivity index (χ3v) is 6.76. The van der Waals surface area contributed by atoms with Gasteiger partial charge in [-0.15, -0.1) is 0 Å². The molecule has 0 aliphatic carbocycles. The molecule has 2 N–H and O–H groups in total. The summed E-state index contributed by atoms with van der Waals surface area (Å²) in [6.45, 7) is 6.07. The standard InChI is InChI=1S/C31H31NO7/c1-31(2,3)23-16-21(12-15-24(23)38-4)27(34)25-26(19-10-13-22(33)14-11-19)32(29(36)28(25)35)17-18-6-8-20(9-7-18)30(37)39-5/h6-16,26,33-34H,17H2,1-5H3/b27-25-. The third-order valence-electron chi connectivity index (χ3n) is 6.76. The van der Waals surface area contributed by atoms with Crippen molar-refractivity contribution in [3.63, 3.8) is 0 Å². The number of phenols is 1. The Morgan fingerprint density at radius 3 is 2.10 bits per heavy atom. The molecular formula is C31H31NO7. The number of ether oxygens (including phenoxy) is 2. The number of Topliss-reactive ketones (excluding diaryl/α,β-unsaturated/α-hetero) is 1. The maximum atomic E-state index is 13.4. The molecular weight excluding hydrogens is 498 g/mol. The van der Waals surface area contributed by atoms with Crippen LogP contribution in [0.25, 0.3) is 5.76 Å². The molecule has 4 rings (SSSR count). The molecule has 0 aromatic heterocycles. The monoisotopic (exact) mass is 529 g/mol. The Kier molecular flexibility index (Phi) is 7.49. The highest BCUT2D eigenvalue weighted by atomic mass is 16.5. The zero-order chi connectivity index (χ0) is 28.5. The van der Waals surface area contributed by atoms with Crippen LogP contribution in [0.5, 0.6) is 11.5 Å². The Labute approximate surface area is 227 Å². The lowest BCUT2D eigenvalue weighted by molar-refractivity contribution is -0.140. The van der Waals surface area contributed by atoms with Crippen molar-refractivity contribution in [2.24, 2.45) is 0 Å². The van der Waals surface area contributed by atoms with E-state index in [0.717, 1.165) is 5.56 Å². The fraction of sp³-hybridized carbons (Fsp3) is 0.258. The molecule has 1 fully saturated rings. The summed E-state index contributed by atoms with van der Waals surface area (Å²) in [5, 5.41) is 21.3. The number of amides is 1. The fourth-order valence-electron chi connectivity index (χ4n) is 4.70. The molecule has 8 nitrogen and oxygen atoms in total. The van der Waals surface area contributed by atoms with E-state index in [1.807, 2.05) is 20.8 Å². The highest BCUT2D eigenvalue weighted by molar-refractivity contribution is 6.46. The summed E-state index contributed by atoms with van der Waals surface area (Å²) >= 11 is 0. The van der Waals surface area contributed by atoms with E-state index >= 15 is 0 Å². The van der Waals surface area contributed by atoms with Crippen LogP contribution in [0.4, 0.5) is 0 Å². The molecule has 1 atom stereocenters. The molecule has 0 bridgehead atoms. The van der Waals surface area contributed by atoms with Crippen molar-refractivity contribution in [1.29, 1.82) is 0 Å². The quantitative estimate of drug-likeness (QED) is 0.198. The van der Waals surface area contributed by atoms with E-state index in [4.69, 9.17) is 9.47 Å². The second kappa shape index (κ2) is 10.6. The smallest absolute Gasteiger partial charge is 0.337 e. The number of aromatic hydroxyl groups is 1. The Hall–Kier alpha value is -4.59. The third kappa shape index (κ3) is 5.36. The number of phenolic OH excluding ortho intramolecular Hbond substituents is 1. The molecule has 1 aliphatic heterocycles. The van der Waals surface area contributed by atoms with Crippen LogP contribution in [0.15, 0.2) is 72.3 Å². The summed E-state index contributed by atoms with van der Waals surface area (Å²) in [4.78, 5) is 39.9. The van der Waals surface area contributed by atoms with Crippen LogP contribution in [-0.4, -0.2) is 47.0 Å². The molecule has 1 amide bonds. The topological polar surface area (TPSA) is 113 Å². The van der Waals surface area contributed by atoms with Gasteiger partial charge in [0.25, 0.3) is 11.7 Å². The van der Waals surface area contributed by atoms with Crippen molar-refractivity contribution >= 4 is 23.4 Å². The molecule has 0 radical (unpaired) electrons. The molecule has 0 spiro atoms. The number of aliphatic hydroxyl groups excluding tert-OH is 1. The predicted molar refractivity (Wildman–Crippen MR) is 145 cm³/mol. The lowest BCUT2D eigenvalue weighted by atomic mass is 9.84. The predicted octanol–water partition coefficient (Wildman–Crippen LogP) is 5.11. The maximum Gasteiger partial charge on any atom is 0.337 e. The summed E-state index contributed by atoms with van der Waals surface area (Å²) in [5.74, 6) is -1.70. The molecule has 39 heavy (non-hydrogen) atoms. The van der Waals surface area contributed by atoms with Crippen LogP contribution in [0.1, 0.15) is 59.4 Å². The number of hydrogen-bond acceptors (Lipinski definition) is 7. The summed E-state index contributed by atoms with van der Waals surface area (Å²) in [5.41, 5.74) is 2.41. The molecule has 202 valence electrons. The van der Waals surface area contributed by atoms with Crippen LogP contribution in [-0.2, 0) is 26.3 Å². The Morgan fingerprint density at radius 1 is 0.923 bits per heavy atom. The summed E-state index contributed by atoms with van der Waals surface area (Å²) < 4.78 is 10.2. The highest BCUT2D eigenvalue weighted by Gasteiger charge is 2.46. The van der Waals surface area contributed by atoms with Crippen molar-refractivity contribution in [2.75, 3.05) is 14.2 Å². The van der Waals surface area contributed by atoms with Gasteiger partial charge in [-0.2, -0.15) is 0 Å². The van der Waals surface area contributed by atoms with Gasteiger partial charge in [0.1, 0.15) is 17.3 Å². The molecule has 1 heterocycles. The summed E-state index contributed by atoms with van der Waals surface area (Å²) in [6, 6.07) is 16.9. The van der Waals surface area contributed by atoms with Gasteiger partial charge >= 0.3 is 5.97 Å². The van der Waals surface area contributed by atoms with Gasteiger partial charge in [-0.05, 0) is 59.0 Å². The van der Waals surface area contributed by atoms with Crippen molar-refractivity contribution in [2.45, 2.75) is 38.8 Å². The maximum absolute atomic E-state index is 13.4. The van der Waals surface area contributed by atoms with Gasteiger partial charge < -0.3 is 24.6 Å². The van der Waals surface area contributed by atoms with Gasteiger partial charge in [0, 0.05) is 17.7 Å². The minimum Gasteiger partial charge on any atom is -0.508 e. The van der Waals surface area contributed by atoms with Crippen molar-refractivity contribution < 1.29 is 34.1 Å². The number of hydrogen-bond donors (Lipinski definition) is 2. The van der Waals surface area contributed by atoms with Gasteiger partial charge in [-0.25, -0.2) is 4.79 Å². The molecule has 3 aromatic carbocycles. The Balaban J connectivity index is 1.84. The number of ketones is 1. The molecule has 1 saturated heterocycles. The summed E-state index contributed by atoms with van der Waals surface area (Å²) in [6.07, 6.45) is 0. The zero-order valence-electron chi connectivity index (χ0n) is 22.5. The number of carbonyl (C=O) groups is 3. The number of nitrogens with zero attached hydrogens (tertiary/aromatic N) is 1. The SMILES string of the molecule is COC(=O)c1ccc(CN2C(=O)C(=O)/C(=C(\O)c3ccc(OC)c(C(C)(C)C)c3)C2c2ccc(O)cc2)cc1. The van der Waals surface area contributed by atoms with Crippen LogP contribution in [0.2, 0.25) is 0 Å². The van der Waals surface area contributed by atoms with Crippen LogP contribution < -0.4 is 4.74 Å². The normalized spacial score (nSPS) is 16.8. The van der Waals surface area contributed by atoms with Gasteiger partial charge in [0.2, 0.25) is 0 Å². The van der Waals surface area contributed by atoms with Crippen molar-refractivity contribution in [3.8, 4) is 11.5 Å². The lowest BCUT2D eigenvalue weighted by Gasteiger charge is -2.26. The average Bonchev–Trinajstić information content (AvgIpc) is 3.17. The largest absolute Gasteiger partial charge is 0.508 e. The van der Waals surface area contributed by atoms with Gasteiger partial charge in [0.05, 0.1) is 31.4 Å². The number of aliphatic hydroxyl groups is 1. The van der Waals surface area contributed by atoms with E-state index in [0.29, 0.717) is 28.0 Å². The van der Waals surface area contributed by atoms with Crippen molar-refractivity contribution in [3.05, 3.63) is 100 Å². The van der Waals surface area contributed by atoms with Crippen molar-refractivity contribution in [1.82, 2.24) is 4.90 Å². The van der Waals surface area contributed by atoms with E-state index in [1.165, 1.54) is 24.1 Å². The molecule has 1 aliphatic rings. The number of carbonyl (C=O) groups excluding carboxylic acids is 3. The first-order chi connectivity index (χ1) is 18.5. The molecule has 8 heteroatoms. The average molecular weight is 530 g/mol. The van der Waals surface area contributed by atoms with E-state index in [9.17, 15) is 24.6 Å². The Bertz CT molecular complexity index is 1450. The molecule has 3 aromatic rings. The number of methoxy groups -OCH3 is 2. The van der Waals surface area contributed by atoms with E-state index in [1.54, 1.807) is 61.7 Å². The van der Waals surface area contributed by atoms with E-state index in [2.05, 4.69) is 0 Å². The van der Waals surface area contributed by atoms with Gasteiger partial charge in [0.15, 0.2) is 0 Å². The van der Waals surface area contributed by atoms with Crippen LogP contribution in [0, 0.1) is 0 Å². The first kappa shape index (κ1) is 27.4. The Morgan fingerprint density at radius 2 is 1.54 bits per heavy atom. The second-order valence-electron chi connectivity index (χ2n) is 10.4. The van der Waals surface area contributed by atoms with Gasteiger partial charge in [-0.1, -0.05) is 45.0 Å². The first-order valence-electron chi connectivity index (χ1n) is 12.4. The fourth-order valence-corrected chi connectivity index (χ4v) is 4.70. The van der Waals surface area contributed by atoms with E-state index < -0.39 is 23.7 Å². The molecule has 1 unspecified atom stereocenters. The van der Waals surface area contributed by atoms with Crippen LogP contribution in [0.3, 0.4) is 0 Å². The number of esters is 1. The molecule has 0 saturated carbocycles. The first-order valence-corrected chi connectivity index (χ1v) is 12.4. The minimum absolute atomic E-state index is 0.0269.